The number of Topliss-reactive ketones (excluding diaryl/α,β-unsaturated/α-hetero) is 1. The highest BCUT2D eigenvalue weighted by molar-refractivity contribution is 6.03. The molecule has 0 fully saturated rings. The van der Waals surface area contributed by atoms with Crippen molar-refractivity contribution < 1.29 is 52.4 Å². The summed E-state index contributed by atoms with van der Waals surface area (Å²) in [5, 5.41) is 19.5. The molecule has 4 N–H and O–H groups in total. The summed E-state index contributed by atoms with van der Waals surface area (Å²) in [4.78, 5) is 64.9. The molecule has 3 amide bonds. The molecular formula is C48H60N6O11. The predicted octanol–water partition coefficient (Wildman–Crippen LogP) is 6.20. The van der Waals surface area contributed by atoms with Crippen molar-refractivity contribution in [1.82, 2.24) is 25.6 Å². The number of alkyl carbamates (subject to hydrolysis) is 1. The monoisotopic (exact) mass is 896 g/mol. The molecule has 0 unspecified atom stereocenters. The Balaban J connectivity index is 0.915. The van der Waals surface area contributed by atoms with Gasteiger partial charge in [-0.1, -0.05) is 44.2 Å². The Bertz CT molecular complexity index is 2250. The molecule has 0 aliphatic carbocycles. The van der Waals surface area contributed by atoms with Gasteiger partial charge in [-0.15, -0.1) is 0 Å². The third kappa shape index (κ3) is 17.3. The Morgan fingerprint density at radius 2 is 1.55 bits per heavy atom. The molecule has 5 rings (SSSR count). The van der Waals surface area contributed by atoms with E-state index in [2.05, 4.69) is 30.9 Å². The molecule has 0 radical (unpaired) electrons. The number of nitrogens with one attached hydrogen (secondary N) is 3. The van der Waals surface area contributed by atoms with Crippen molar-refractivity contribution in [2.45, 2.75) is 71.6 Å². The summed E-state index contributed by atoms with van der Waals surface area (Å²) in [7, 11) is 0. The molecule has 0 aliphatic rings. The van der Waals surface area contributed by atoms with Gasteiger partial charge in [0.1, 0.15) is 35.3 Å². The number of amides is 3. The number of aliphatic hydroxyl groups is 1. The minimum absolute atomic E-state index is 0.113. The molecule has 3 heterocycles. The van der Waals surface area contributed by atoms with E-state index >= 15 is 0 Å². The van der Waals surface area contributed by atoms with Gasteiger partial charge < -0.3 is 49.2 Å². The molecule has 17 heteroatoms. The van der Waals surface area contributed by atoms with Crippen LogP contribution < -0.4 is 20.7 Å². The predicted molar refractivity (Wildman–Crippen MR) is 242 cm³/mol. The van der Waals surface area contributed by atoms with E-state index in [4.69, 9.17) is 28.1 Å². The fraction of sp³-hybridized carbons (Fsp3) is 0.438. The van der Waals surface area contributed by atoms with E-state index < -0.39 is 35.5 Å². The fourth-order valence-corrected chi connectivity index (χ4v) is 6.57. The number of benzene rings is 2. The second-order valence-corrected chi connectivity index (χ2v) is 16.6. The maximum atomic E-state index is 13.4. The first-order valence-electron chi connectivity index (χ1n) is 21.7. The van der Waals surface area contributed by atoms with Crippen LogP contribution in [0.1, 0.15) is 63.5 Å². The average Bonchev–Trinajstić information content (AvgIpc) is 3.71. The van der Waals surface area contributed by atoms with Gasteiger partial charge in [0.25, 0.3) is 5.91 Å². The van der Waals surface area contributed by atoms with Crippen LogP contribution in [0.2, 0.25) is 0 Å². The van der Waals surface area contributed by atoms with E-state index in [9.17, 15) is 24.3 Å². The lowest BCUT2D eigenvalue weighted by Gasteiger charge is -2.27. The fourth-order valence-electron chi connectivity index (χ4n) is 6.57. The van der Waals surface area contributed by atoms with Crippen molar-refractivity contribution in [3.63, 3.8) is 0 Å². The van der Waals surface area contributed by atoms with E-state index in [1.54, 1.807) is 69.6 Å². The van der Waals surface area contributed by atoms with E-state index in [0.717, 1.165) is 11.1 Å². The summed E-state index contributed by atoms with van der Waals surface area (Å²) in [6, 6.07) is 20.3. The van der Waals surface area contributed by atoms with Crippen LogP contribution in [0.4, 0.5) is 10.5 Å². The number of hydrogen-bond acceptors (Lipinski definition) is 14. The molecule has 0 saturated carbocycles. The molecule has 2 aromatic carbocycles. The number of ketones is 1. The highest BCUT2D eigenvalue weighted by atomic mass is 16.6. The van der Waals surface area contributed by atoms with Gasteiger partial charge in [-0.2, -0.15) is 0 Å². The van der Waals surface area contributed by atoms with Crippen molar-refractivity contribution in [2.24, 2.45) is 11.8 Å². The zero-order chi connectivity index (χ0) is 46.6. The first kappa shape index (κ1) is 49.7. The van der Waals surface area contributed by atoms with Crippen molar-refractivity contribution in [3.05, 3.63) is 103 Å². The molecule has 348 valence electrons. The minimum Gasteiger partial charge on any atom is -0.490 e. The molecular weight excluding hydrogens is 837 g/mol. The maximum absolute atomic E-state index is 13.4. The maximum Gasteiger partial charge on any atom is 0.407 e. The number of nitrogens with zero attached hydrogens (tertiary/aromatic N) is 3. The van der Waals surface area contributed by atoms with Crippen LogP contribution in [0.5, 0.6) is 5.75 Å². The van der Waals surface area contributed by atoms with Gasteiger partial charge >= 0.3 is 6.09 Å². The Morgan fingerprint density at radius 3 is 2.22 bits per heavy atom. The number of anilines is 1. The Hall–Kier alpha value is -6.27. The van der Waals surface area contributed by atoms with Crippen LogP contribution in [0.25, 0.3) is 22.6 Å². The number of aliphatic hydroxyl groups excluding tert-OH is 1. The highest BCUT2D eigenvalue weighted by Gasteiger charge is 2.33. The Kier molecular flexibility index (Phi) is 19.3. The van der Waals surface area contributed by atoms with E-state index in [0.29, 0.717) is 67.9 Å². The average molecular weight is 897 g/mol. The summed E-state index contributed by atoms with van der Waals surface area (Å²) < 4.78 is 33.6. The molecule has 3 aromatic heterocycles. The van der Waals surface area contributed by atoms with Crippen molar-refractivity contribution in [1.29, 1.82) is 0 Å². The highest BCUT2D eigenvalue weighted by Crippen LogP contribution is 2.26. The van der Waals surface area contributed by atoms with Gasteiger partial charge in [-0.05, 0) is 87.6 Å². The number of carbonyl (C=O) groups excluding carboxylic acids is 4. The van der Waals surface area contributed by atoms with Gasteiger partial charge in [0.15, 0.2) is 11.4 Å². The standard InChI is InChI=1S/C48H60N6O11/c1-32(2)26-35(28-41(55)43(56)40(27-33-10-7-6-8-11-33)54-47(59)65-48(3,4)5)44(57)50-18-19-60-20-21-61-22-23-62-24-25-63-37-14-15-38(51-31-37)45(58)52-36-13-16-42-39(29-36)53-46(64-42)34-12-9-17-49-30-34/h6-17,29-32,35,40,43,56H,18-28H2,1-5H3,(H,50,57)(H,52,58)(H,54,59)/t35-,40-,43+/m1/s1. The summed E-state index contributed by atoms with van der Waals surface area (Å²) >= 11 is 0. The molecule has 0 saturated heterocycles. The zero-order valence-corrected chi connectivity index (χ0v) is 37.6. The van der Waals surface area contributed by atoms with Gasteiger partial charge in [0.2, 0.25) is 11.8 Å². The quantitative estimate of drug-likeness (QED) is 0.0454. The summed E-state index contributed by atoms with van der Waals surface area (Å²) in [5.74, 6) is -0.883. The minimum atomic E-state index is -1.55. The number of pyridine rings is 2. The normalized spacial score (nSPS) is 12.9. The van der Waals surface area contributed by atoms with Crippen LogP contribution in [-0.2, 0) is 35.0 Å². The first-order valence-corrected chi connectivity index (χ1v) is 21.7. The molecule has 65 heavy (non-hydrogen) atoms. The number of fused-ring (bicyclic) bond motifs is 1. The van der Waals surface area contributed by atoms with E-state index in [1.807, 2.05) is 50.2 Å². The third-order valence-corrected chi connectivity index (χ3v) is 9.59. The van der Waals surface area contributed by atoms with Crippen LogP contribution in [0, 0.1) is 11.8 Å². The third-order valence-electron chi connectivity index (χ3n) is 9.59. The first-order chi connectivity index (χ1) is 31.2. The lowest BCUT2D eigenvalue weighted by Crippen LogP contribution is -2.50. The van der Waals surface area contributed by atoms with Crippen molar-refractivity contribution in [2.75, 3.05) is 58.1 Å². The van der Waals surface area contributed by atoms with Gasteiger partial charge in [-0.3, -0.25) is 19.4 Å². The molecule has 0 bridgehead atoms. The largest absolute Gasteiger partial charge is 0.490 e. The molecule has 5 aromatic rings. The van der Waals surface area contributed by atoms with Crippen LogP contribution >= 0.6 is 0 Å². The second kappa shape index (κ2) is 25.3. The van der Waals surface area contributed by atoms with E-state index in [-0.39, 0.29) is 56.0 Å². The molecule has 0 aliphatic heterocycles. The SMILES string of the molecule is CC(C)C[C@H](CC(=O)[C@@H](O)[C@@H](Cc1ccccc1)NC(=O)OC(C)(C)C)C(=O)NCCOCCOCCOCCOc1ccc(C(=O)Nc2ccc3oc(-c4cccnc4)nc3c2)nc1. The Morgan fingerprint density at radius 1 is 0.831 bits per heavy atom. The second-order valence-electron chi connectivity index (χ2n) is 16.6. The van der Waals surface area contributed by atoms with Gasteiger partial charge in [-0.25, -0.2) is 14.8 Å². The molecule has 0 spiro atoms. The Labute approximate surface area is 379 Å². The van der Waals surface area contributed by atoms with E-state index in [1.165, 1.54) is 6.20 Å². The van der Waals surface area contributed by atoms with Crippen LogP contribution in [0.15, 0.2) is 95.8 Å². The number of aromatic nitrogens is 3. The number of carbonyl (C=O) groups is 4. The summed E-state index contributed by atoms with van der Waals surface area (Å²) in [6.45, 7) is 11.5. The zero-order valence-electron chi connectivity index (χ0n) is 37.6. The molecule has 17 nitrogen and oxygen atoms in total. The number of rotatable bonds is 26. The van der Waals surface area contributed by atoms with Crippen molar-refractivity contribution in [3.8, 4) is 17.2 Å². The number of hydrogen-bond donors (Lipinski definition) is 4. The lowest BCUT2D eigenvalue weighted by molar-refractivity contribution is -0.134. The smallest absolute Gasteiger partial charge is 0.407 e. The summed E-state index contributed by atoms with van der Waals surface area (Å²) in [6.07, 6.45) is 2.94. The van der Waals surface area contributed by atoms with Crippen LogP contribution in [-0.4, -0.2) is 114 Å². The van der Waals surface area contributed by atoms with Crippen LogP contribution in [0.3, 0.4) is 0 Å². The molecule has 3 atom stereocenters. The topological polar surface area (TPSA) is 223 Å². The number of ether oxygens (including phenoxy) is 5. The van der Waals surface area contributed by atoms with Gasteiger partial charge in [0.05, 0.1) is 57.4 Å². The van der Waals surface area contributed by atoms with Crippen molar-refractivity contribution >= 4 is 40.5 Å². The summed E-state index contributed by atoms with van der Waals surface area (Å²) in [5.41, 5.74) is 2.74. The van der Waals surface area contributed by atoms with Gasteiger partial charge in [0, 0.05) is 37.0 Å². The number of oxazole rings is 1. The lowest BCUT2D eigenvalue weighted by atomic mass is 9.88.